The lowest BCUT2D eigenvalue weighted by Crippen LogP contribution is -2.17. The monoisotopic (exact) mass is 381 g/mol. The van der Waals surface area contributed by atoms with Crippen molar-refractivity contribution in [1.82, 2.24) is 0 Å². The summed E-state index contributed by atoms with van der Waals surface area (Å²) in [5.74, 6) is 2.63. The van der Waals surface area contributed by atoms with E-state index in [0.29, 0.717) is 26.2 Å². The predicted molar refractivity (Wildman–Crippen MR) is 110 cm³/mol. The molecule has 27 heavy (non-hydrogen) atoms. The van der Waals surface area contributed by atoms with E-state index in [4.69, 9.17) is 9.47 Å². The fraction of sp³-hybridized carbons (Fsp3) is 0.364. The molecule has 2 aliphatic heterocycles. The van der Waals surface area contributed by atoms with E-state index in [1.54, 1.807) is 11.8 Å². The van der Waals surface area contributed by atoms with E-state index in [2.05, 4.69) is 17.3 Å². The Labute approximate surface area is 164 Å². The molecule has 0 amide bonds. The number of thioether (sulfide) groups is 1. The second-order valence-corrected chi connectivity index (χ2v) is 7.68. The molecule has 0 spiro atoms. The van der Waals surface area contributed by atoms with Crippen LogP contribution in [0.2, 0.25) is 0 Å². The van der Waals surface area contributed by atoms with Crippen molar-refractivity contribution in [1.29, 1.82) is 0 Å². The molecule has 2 aromatic carbocycles. The number of hydrogen-bond donors (Lipinski definition) is 0. The highest BCUT2D eigenvalue weighted by Gasteiger charge is 2.22. The highest BCUT2D eigenvalue weighted by molar-refractivity contribution is 7.97. The van der Waals surface area contributed by atoms with Crippen molar-refractivity contribution < 1.29 is 14.3 Å². The van der Waals surface area contributed by atoms with E-state index in [1.165, 1.54) is 11.1 Å². The van der Waals surface area contributed by atoms with Gasteiger partial charge in [0, 0.05) is 29.8 Å². The van der Waals surface area contributed by atoms with Gasteiger partial charge in [-0.3, -0.25) is 9.79 Å². The Morgan fingerprint density at radius 3 is 2.59 bits per heavy atom. The van der Waals surface area contributed by atoms with Gasteiger partial charge in [-0.05, 0) is 35.9 Å². The van der Waals surface area contributed by atoms with E-state index in [9.17, 15) is 4.79 Å². The first-order valence-electron chi connectivity index (χ1n) is 9.32. The summed E-state index contributed by atoms with van der Waals surface area (Å²) in [7, 11) is 0. The van der Waals surface area contributed by atoms with Gasteiger partial charge in [-0.1, -0.05) is 24.3 Å². The Kier molecular flexibility index (Phi) is 5.48. The predicted octanol–water partition coefficient (Wildman–Crippen LogP) is 4.33. The summed E-state index contributed by atoms with van der Waals surface area (Å²) in [5.41, 5.74) is 5.04. The second-order valence-electron chi connectivity index (χ2n) is 6.81. The van der Waals surface area contributed by atoms with E-state index in [0.717, 1.165) is 46.9 Å². The average molecular weight is 381 g/mol. The number of nitrogens with zero attached hydrogens (tertiary/aromatic N) is 1. The minimum Gasteiger partial charge on any atom is -0.490 e. The maximum absolute atomic E-state index is 12.8. The minimum absolute atomic E-state index is 0.101. The van der Waals surface area contributed by atoms with Crippen LogP contribution < -0.4 is 9.47 Å². The van der Waals surface area contributed by atoms with Crippen LogP contribution in [-0.4, -0.2) is 37.5 Å². The van der Waals surface area contributed by atoms with Crippen molar-refractivity contribution in [2.45, 2.75) is 25.0 Å². The van der Waals surface area contributed by atoms with Gasteiger partial charge in [-0.25, -0.2) is 0 Å². The highest BCUT2D eigenvalue weighted by atomic mass is 32.2. The molecule has 0 aliphatic carbocycles. The first kappa shape index (κ1) is 18.1. The lowest BCUT2D eigenvalue weighted by atomic mass is 9.92. The SMILES string of the molecule is CSCc1ccc(C(=O)CC2=NCCc3cc4c(cc32)OCCCO4)cc1. The van der Waals surface area contributed by atoms with Crippen molar-refractivity contribution in [2.75, 3.05) is 26.0 Å². The summed E-state index contributed by atoms with van der Waals surface area (Å²) < 4.78 is 11.6. The molecular weight excluding hydrogens is 358 g/mol. The maximum Gasteiger partial charge on any atom is 0.168 e. The van der Waals surface area contributed by atoms with Gasteiger partial charge in [0.25, 0.3) is 0 Å². The minimum atomic E-state index is 0.101. The molecule has 4 nitrogen and oxygen atoms in total. The van der Waals surface area contributed by atoms with Gasteiger partial charge >= 0.3 is 0 Å². The van der Waals surface area contributed by atoms with Crippen LogP contribution >= 0.6 is 11.8 Å². The summed E-state index contributed by atoms with van der Waals surface area (Å²) in [4.78, 5) is 17.4. The van der Waals surface area contributed by atoms with Crippen LogP contribution in [0.25, 0.3) is 0 Å². The van der Waals surface area contributed by atoms with Crippen molar-refractivity contribution >= 4 is 23.3 Å². The van der Waals surface area contributed by atoms with Crippen LogP contribution in [0.15, 0.2) is 41.4 Å². The summed E-state index contributed by atoms with van der Waals surface area (Å²) in [6.45, 7) is 2.04. The molecule has 0 atom stereocenters. The van der Waals surface area contributed by atoms with Crippen molar-refractivity contribution in [3.05, 3.63) is 58.7 Å². The molecule has 0 saturated heterocycles. The summed E-state index contributed by atoms with van der Waals surface area (Å²) in [6.07, 6.45) is 4.14. The number of ether oxygens (including phenoxy) is 2. The van der Waals surface area contributed by atoms with E-state index in [1.807, 2.05) is 30.3 Å². The van der Waals surface area contributed by atoms with Crippen LogP contribution in [-0.2, 0) is 12.2 Å². The van der Waals surface area contributed by atoms with Gasteiger partial charge in [-0.15, -0.1) is 0 Å². The zero-order valence-electron chi connectivity index (χ0n) is 15.5. The standard InChI is InChI=1S/C22H23NO3S/c1-27-14-15-3-5-16(6-4-15)20(24)13-19-18-12-22-21(25-9-2-10-26-22)11-17(18)7-8-23-19/h3-6,11-12H,2,7-10,13-14H2,1H3. The molecule has 4 rings (SSSR count). The topological polar surface area (TPSA) is 47.9 Å². The fourth-order valence-electron chi connectivity index (χ4n) is 3.48. The molecule has 0 unspecified atom stereocenters. The van der Waals surface area contributed by atoms with Gasteiger partial charge in [0.1, 0.15) is 0 Å². The van der Waals surface area contributed by atoms with Gasteiger partial charge in [0.15, 0.2) is 17.3 Å². The fourth-order valence-corrected chi connectivity index (χ4v) is 4.01. The molecule has 0 bridgehead atoms. The van der Waals surface area contributed by atoms with Crippen LogP contribution in [0.5, 0.6) is 11.5 Å². The summed E-state index contributed by atoms with van der Waals surface area (Å²) >= 11 is 1.78. The molecule has 0 saturated carbocycles. The molecule has 0 fully saturated rings. The summed E-state index contributed by atoms with van der Waals surface area (Å²) in [6, 6.07) is 12.0. The molecule has 2 aliphatic rings. The molecule has 140 valence electrons. The third-order valence-corrected chi connectivity index (χ3v) is 5.50. The number of Topliss-reactive ketones (excluding diaryl/α,β-unsaturated/α-hetero) is 1. The van der Waals surface area contributed by atoms with Crippen LogP contribution in [0, 0.1) is 0 Å². The van der Waals surface area contributed by atoms with Gasteiger partial charge in [0.2, 0.25) is 0 Å². The van der Waals surface area contributed by atoms with Crippen LogP contribution in [0.1, 0.15) is 39.9 Å². The molecule has 0 aromatic heterocycles. The Balaban J connectivity index is 1.56. The Morgan fingerprint density at radius 2 is 1.85 bits per heavy atom. The molecule has 2 heterocycles. The Morgan fingerprint density at radius 1 is 1.11 bits per heavy atom. The first-order valence-corrected chi connectivity index (χ1v) is 10.7. The smallest absolute Gasteiger partial charge is 0.168 e. The van der Waals surface area contributed by atoms with Crippen molar-refractivity contribution in [3.8, 4) is 11.5 Å². The van der Waals surface area contributed by atoms with E-state index < -0.39 is 0 Å². The Bertz CT molecular complexity index is 874. The molecule has 2 aromatic rings. The number of benzene rings is 2. The van der Waals surface area contributed by atoms with Gasteiger partial charge in [-0.2, -0.15) is 11.8 Å². The number of aliphatic imine (C=N–C) groups is 1. The number of hydrogen-bond acceptors (Lipinski definition) is 5. The molecule has 0 radical (unpaired) electrons. The lowest BCUT2D eigenvalue weighted by Gasteiger charge is -2.19. The summed E-state index contributed by atoms with van der Waals surface area (Å²) in [5, 5.41) is 0. The van der Waals surface area contributed by atoms with E-state index >= 15 is 0 Å². The van der Waals surface area contributed by atoms with Crippen LogP contribution in [0.3, 0.4) is 0 Å². The third-order valence-electron chi connectivity index (χ3n) is 4.88. The zero-order chi connectivity index (χ0) is 18.6. The maximum atomic E-state index is 12.8. The third kappa shape index (κ3) is 4.03. The van der Waals surface area contributed by atoms with E-state index in [-0.39, 0.29) is 5.78 Å². The number of ketones is 1. The van der Waals surface area contributed by atoms with Gasteiger partial charge < -0.3 is 9.47 Å². The first-order chi connectivity index (χ1) is 13.2. The lowest BCUT2D eigenvalue weighted by molar-refractivity contribution is 0.100. The van der Waals surface area contributed by atoms with Gasteiger partial charge in [0.05, 0.1) is 25.3 Å². The quantitative estimate of drug-likeness (QED) is 0.724. The zero-order valence-corrected chi connectivity index (χ0v) is 16.3. The highest BCUT2D eigenvalue weighted by Crippen LogP contribution is 2.35. The molecular formula is C22H23NO3S. The normalized spacial score (nSPS) is 15.5. The number of rotatable bonds is 5. The molecule has 5 heteroatoms. The number of carbonyl (C=O) groups is 1. The van der Waals surface area contributed by atoms with Crippen molar-refractivity contribution in [3.63, 3.8) is 0 Å². The largest absolute Gasteiger partial charge is 0.490 e. The number of carbonyl (C=O) groups excluding carboxylic acids is 1. The second kappa shape index (κ2) is 8.17. The number of fused-ring (bicyclic) bond motifs is 2. The molecule has 0 N–H and O–H groups in total. The average Bonchev–Trinajstić information content (AvgIpc) is 2.92. The van der Waals surface area contributed by atoms with Crippen molar-refractivity contribution in [2.24, 2.45) is 4.99 Å². The van der Waals surface area contributed by atoms with Crippen LogP contribution in [0.4, 0.5) is 0 Å². The Hall–Kier alpha value is -2.27.